The molecule has 142 valence electrons. The Kier molecular flexibility index (Phi) is 8.21. The average molecular weight is 377 g/mol. The molecule has 2 aromatic rings. The Morgan fingerprint density at radius 1 is 1.31 bits per heavy atom. The van der Waals surface area contributed by atoms with Crippen LogP contribution in [0.3, 0.4) is 0 Å². The van der Waals surface area contributed by atoms with E-state index in [4.69, 9.17) is 9.47 Å². The number of methoxy groups -OCH3 is 1. The first kappa shape index (κ1) is 20.0. The van der Waals surface area contributed by atoms with Crippen LogP contribution in [0.15, 0.2) is 34.6 Å². The standard InChI is InChI=1S/C19H28N4O2S/c1-14-13-26-18(23-14)9-6-10-21-19(20-3)22-12-15(2)25-17-8-5-7-16(11-17)24-4/h5,7-8,11,13,15H,6,9-10,12H2,1-4H3,(H2,20,21,22). The predicted molar refractivity (Wildman–Crippen MR) is 108 cm³/mol. The van der Waals surface area contributed by atoms with Gasteiger partial charge in [-0.3, -0.25) is 4.99 Å². The fourth-order valence-electron chi connectivity index (χ4n) is 2.37. The largest absolute Gasteiger partial charge is 0.497 e. The molecule has 0 amide bonds. The number of nitrogens with zero attached hydrogens (tertiary/aromatic N) is 2. The summed E-state index contributed by atoms with van der Waals surface area (Å²) in [4.78, 5) is 8.73. The first-order valence-electron chi connectivity index (χ1n) is 8.77. The number of rotatable bonds is 9. The molecule has 0 aliphatic heterocycles. The lowest BCUT2D eigenvalue weighted by atomic mass is 10.3. The van der Waals surface area contributed by atoms with Crippen LogP contribution in [0.1, 0.15) is 24.0 Å². The highest BCUT2D eigenvalue weighted by Gasteiger charge is 2.07. The van der Waals surface area contributed by atoms with E-state index >= 15 is 0 Å². The van der Waals surface area contributed by atoms with Crippen molar-refractivity contribution >= 4 is 17.3 Å². The van der Waals surface area contributed by atoms with Crippen LogP contribution < -0.4 is 20.1 Å². The molecule has 1 aromatic heterocycles. The van der Waals surface area contributed by atoms with Gasteiger partial charge >= 0.3 is 0 Å². The topological polar surface area (TPSA) is 67.8 Å². The van der Waals surface area contributed by atoms with Gasteiger partial charge in [-0.2, -0.15) is 0 Å². The second-order valence-corrected chi connectivity index (χ2v) is 6.92. The number of hydrogen-bond donors (Lipinski definition) is 2. The van der Waals surface area contributed by atoms with Crippen LogP contribution in [0.5, 0.6) is 11.5 Å². The normalized spacial score (nSPS) is 12.5. The minimum absolute atomic E-state index is 0.000972. The summed E-state index contributed by atoms with van der Waals surface area (Å²) in [6.45, 7) is 5.55. The Labute approximate surface area is 159 Å². The van der Waals surface area contributed by atoms with Gasteiger partial charge in [-0.25, -0.2) is 4.98 Å². The highest BCUT2D eigenvalue weighted by atomic mass is 32.1. The molecule has 0 saturated heterocycles. The highest BCUT2D eigenvalue weighted by molar-refractivity contribution is 7.09. The van der Waals surface area contributed by atoms with E-state index in [-0.39, 0.29) is 6.10 Å². The molecule has 0 radical (unpaired) electrons. The van der Waals surface area contributed by atoms with Crippen molar-refractivity contribution in [2.45, 2.75) is 32.8 Å². The van der Waals surface area contributed by atoms with Gasteiger partial charge in [0, 0.05) is 37.2 Å². The molecule has 2 rings (SSSR count). The molecule has 0 aliphatic carbocycles. The third-order valence-corrected chi connectivity index (χ3v) is 4.71. The second-order valence-electron chi connectivity index (χ2n) is 5.97. The molecule has 1 unspecified atom stereocenters. The number of aromatic nitrogens is 1. The van der Waals surface area contributed by atoms with E-state index in [1.54, 1.807) is 25.5 Å². The monoisotopic (exact) mass is 376 g/mol. The van der Waals surface area contributed by atoms with Crippen LogP contribution in [0.25, 0.3) is 0 Å². The van der Waals surface area contributed by atoms with E-state index in [0.29, 0.717) is 6.54 Å². The Morgan fingerprint density at radius 2 is 2.12 bits per heavy atom. The van der Waals surface area contributed by atoms with Gasteiger partial charge in [-0.1, -0.05) is 6.07 Å². The van der Waals surface area contributed by atoms with Gasteiger partial charge in [0.2, 0.25) is 0 Å². The lowest BCUT2D eigenvalue weighted by Gasteiger charge is -2.18. The molecule has 1 heterocycles. The lowest BCUT2D eigenvalue weighted by molar-refractivity contribution is 0.223. The van der Waals surface area contributed by atoms with Gasteiger partial charge in [-0.05, 0) is 32.4 Å². The van der Waals surface area contributed by atoms with Gasteiger partial charge in [0.25, 0.3) is 0 Å². The van der Waals surface area contributed by atoms with Crippen molar-refractivity contribution in [2.75, 3.05) is 27.2 Å². The molecule has 0 saturated carbocycles. The van der Waals surface area contributed by atoms with Crippen LogP contribution in [0.4, 0.5) is 0 Å². The molecule has 1 aromatic carbocycles. The zero-order valence-corrected chi connectivity index (χ0v) is 16.7. The molecular weight excluding hydrogens is 348 g/mol. The van der Waals surface area contributed by atoms with E-state index in [2.05, 4.69) is 26.0 Å². The summed E-state index contributed by atoms with van der Waals surface area (Å²) in [5, 5.41) is 9.89. The number of aryl methyl sites for hydroxylation is 2. The quantitative estimate of drug-likeness (QED) is 0.400. The zero-order valence-electron chi connectivity index (χ0n) is 15.9. The second kappa shape index (κ2) is 10.7. The molecule has 7 heteroatoms. The van der Waals surface area contributed by atoms with E-state index in [0.717, 1.165) is 42.5 Å². The molecular formula is C19H28N4O2S. The molecule has 6 nitrogen and oxygen atoms in total. The molecule has 1 atom stereocenters. The minimum atomic E-state index is -0.000972. The summed E-state index contributed by atoms with van der Waals surface area (Å²) in [5.41, 5.74) is 1.10. The van der Waals surface area contributed by atoms with Crippen LogP contribution in [0.2, 0.25) is 0 Å². The van der Waals surface area contributed by atoms with Gasteiger partial charge in [-0.15, -0.1) is 11.3 Å². The molecule has 26 heavy (non-hydrogen) atoms. The van der Waals surface area contributed by atoms with Gasteiger partial charge in [0.05, 0.1) is 18.7 Å². The first-order valence-corrected chi connectivity index (χ1v) is 9.65. The van der Waals surface area contributed by atoms with Crippen LogP contribution in [0, 0.1) is 6.92 Å². The smallest absolute Gasteiger partial charge is 0.191 e. The van der Waals surface area contributed by atoms with Crippen molar-refractivity contribution in [1.29, 1.82) is 0 Å². The van der Waals surface area contributed by atoms with E-state index < -0.39 is 0 Å². The highest BCUT2D eigenvalue weighted by Crippen LogP contribution is 2.19. The zero-order chi connectivity index (χ0) is 18.8. The van der Waals surface area contributed by atoms with Gasteiger partial charge < -0.3 is 20.1 Å². The summed E-state index contributed by atoms with van der Waals surface area (Å²) in [6, 6.07) is 7.61. The summed E-state index contributed by atoms with van der Waals surface area (Å²) in [7, 11) is 3.42. The van der Waals surface area contributed by atoms with Crippen LogP contribution in [-0.4, -0.2) is 44.3 Å². The summed E-state index contributed by atoms with van der Waals surface area (Å²) in [5.74, 6) is 2.36. The number of guanidine groups is 1. The van der Waals surface area contributed by atoms with Crippen LogP contribution in [-0.2, 0) is 6.42 Å². The van der Waals surface area contributed by atoms with Crippen molar-refractivity contribution in [1.82, 2.24) is 15.6 Å². The number of hydrogen-bond acceptors (Lipinski definition) is 5. The molecule has 0 fully saturated rings. The number of aliphatic imine (C=N–C) groups is 1. The number of thiazole rings is 1. The Balaban J connectivity index is 1.67. The number of ether oxygens (including phenoxy) is 2. The fourth-order valence-corrected chi connectivity index (χ4v) is 3.19. The minimum Gasteiger partial charge on any atom is -0.497 e. The van der Waals surface area contributed by atoms with Crippen molar-refractivity contribution in [2.24, 2.45) is 4.99 Å². The maximum Gasteiger partial charge on any atom is 0.191 e. The summed E-state index contributed by atoms with van der Waals surface area (Å²) in [6.07, 6.45) is 2.00. The van der Waals surface area contributed by atoms with Gasteiger partial charge in [0.15, 0.2) is 5.96 Å². The summed E-state index contributed by atoms with van der Waals surface area (Å²) >= 11 is 1.72. The SMILES string of the molecule is CN=C(NCCCc1nc(C)cs1)NCC(C)Oc1cccc(OC)c1. The molecule has 0 spiro atoms. The summed E-state index contributed by atoms with van der Waals surface area (Å²) < 4.78 is 11.1. The lowest BCUT2D eigenvalue weighted by Crippen LogP contribution is -2.42. The third-order valence-electron chi connectivity index (χ3n) is 3.69. The van der Waals surface area contributed by atoms with Crippen molar-refractivity contribution in [3.8, 4) is 11.5 Å². The van der Waals surface area contributed by atoms with Crippen molar-refractivity contribution in [3.05, 3.63) is 40.3 Å². The van der Waals surface area contributed by atoms with Gasteiger partial charge in [0.1, 0.15) is 17.6 Å². The molecule has 0 aliphatic rings. The molecule has 0 bridgehead atoms. The van der Waals surface area contributed by atoms with Crippen molar-refractivity contribution in [3.63, 3.8) is 0 Å². The number of nitrogens with one attached hydrogen (secondary N) is 2. The van der Waals surface area contributed by atoms with E-state index in [1.165, 1.54) is 5.01 Å². The Bertz CT molecular complexity index is 702. The maximum atomic E-state index is 5.91. The van der Waals surface area contributed by atoms with Crippen molar-refractivity contribution < 1.29 is 9.47 Å². The third kappa shape index (κ3) is 6.92. The molecule has 2 N–H and O–H groups in total. The average Bonchev–Trinajstić information content (AvgIpc) is 3.06. The predicted octanol–water partition coefficient (Wildman–Crippen LogP) is 3.03. The Hall–Kier alpha value is -2.28. The van der Waals surface area contributed by atoms with E-state index in [1.807, 2.05) is 38.1 Å². The van der Waals surface area contributed by atoms with Crippen LogP contribution >= 0.6 is 11.3 Å². The fraction of sp³-hybridized carbons (Fsp3) is 0.474. The maximum absolute atomic E-state index is 5.91. The Morgan fingerprint density at radius 3 is 2.81 bits per heavy atom. The number of benzene rings is 1. The first-order chi connectivity index (χ1) is 12.6. The van der Waals surface area contributed by atoms with E-state index in [9.17, 15) is 0 Å².